The highest BCUT2D eigenvalue weighted by molar-refractivity contribution is 6.02. The van der Waals surface area contributed by atoms with Gasteiger partial charge in [-0.25, -0.2) is 22.0 Å². The van der Waals surface area contributed by atoms with Crippen LogP contribution < -0.4 is 9.64 Å². The van der Waals surface area contributed by atoms with Crippen molar-refractivity contribution in [2.45, 2.75) is 63.1 Å². The largest absolute Gasteiger partial charge is 0.404 e. The molecule has 246 valence electrons. The van der Waals surface area contributed by atoms with E-state index in [2.05, 4.69) is 21.9 Å². The molecule has 0 saturated carbocycles. The summed E-state index contributed by atoms with van der Waals surface area (Å²) >= 11 is 0. The first-order valence-corrected chi connectivity index (χ1v) is 15.7. The maximum atomic E-state index is 16.8. The van der Waals surface area contributed by atoms with E-state index in [1.165, 1.54) is 24.4 Å². The second-order valence-electron chi connectivity index (χ2n) is 12.8. The van der Waals surface area contributed by atoms with E-state index >= 15 is 4.39 Å². The zero-order valence-electron chi connectivity index (χ0n) is 25.5. The van der Waals surface area contributed by atoms with Crippen LogP contribution in [-0.2, 0) is 0 Å². The van der Waals surface area contributed by atoms with Crippen LogP contribution in [0.2, 0.25) is 0 Å². The first-order valence-electron chi connectivity index (χ1n) is 15.7. The van der Waals surface area contributed by atoms with Crippen LogP contribution in [0.1, 0.15) is 51.0 Å². The summed E-state index contributed by atoms with van der Waals surface area (Å²) in [5.74, 6) is -6.25. The number of halogens is 5. The Balaban J connectivity index is 1.43. The molecular formula is C34H32F5N5O3. The topological polar surface area (TPSA) is 94.8 Å². The van der Waals surface area contributed by atoms with Crippen LogP contribution in [0, 0.1) is 41.5 Å². The van der Waals surface area contributed by atoms with Crippen molar-refractivity contribution < 1.29 is 36.9 Å². The molecule has 8 nitrogen and oxygen atoms in total. The number of aliphatic hydroxyl groups is 2. The molecule has 4 aromatic rings. The predicted molar refractivity (Wildman–Crippen MR) is 164 cm³/mol. The molecular weight excluding hydrogens is 621 g/mol. The summed E-state index contributed by atoms with van der Waals surface area (Å²) in [6.45, 7) is 3.65. The van der Waals surface area contributed by atoms with Crippen molar-refractivity contribution >= 4 is 27.5 Å². The molecule has 3 fully saturated rings. The van der Waals surface area contributed by atoms with Crippen molar-refractivity contribution in [2.75, 3.05) is 31.1 Å². The van der Waals surface area contributed by atoms with Crippen LogP contribution in [0.15, 0.2) is 24.4 Å². The van der Waals surface area contributed by atoms with Gasteiger partial charge in [0.15, 0.2) is 23.3 Å². The molecule has 0 spiro atoms. The highest BCUT2D eigenvalue weighted by atomic mass is 19.2. The van der Waals surface area contributed by atoms with Gasteiger partial charge >= 0.3 is 12.0 Å². The van der Waals surface area contributed by atoms with Gasteiger partial charge in [0.2, 0.25) is 0 Å². The molecule has 13 heteroatoms. The van der Waals surface area contributed by atoms with E-state index in [4.69, 9.17) is 11.2 Å². The summed E-state index contributed by atoms with van der Waals surface area (Å²) in [4.78, 5) is 16.7. The van der Waals surface area contributed by atoms with Gasteiger partial charge in [0.25, 0.3) is 0 Å². The maximum absolute atomic E-state index is 16.8. The smallest absolute Gasteiger partial charge is 0.344 e. The quantitative estimate of drug-likeness (QED) is 0.124. The lowest BCUT2D eigenvalue weighted by atomic mass is 9.90. The van der Waals surface area contributed by atoms with Gasteiger partial charge in [-0.1, -0.05) is 37.5 Å². The number of hydrogen-bond donors (Lipinski definition) is 2. The van der Waals surface area contributed by atoms with Gasteiger partial charge in [-0.05, 0) is 38.1 Å². The van der Waals surface area contributed by atoms with Crippen LogP contribution >= 0.6 is 0 Å². The summed E-state index contributed by atoms with van der Waals surface area (Å²) < 4.78 is 81.1. The number of alkyl halides is 1. The molecule has 2 aromatic heterocycles. The number of rotatable bonds is 5. The molecule has 2 unspecified atom stereocenters. The Morgan fingerprint density at radius 3 is 2.60 bits per heavy atom. The highest BCUT2D eigenvalue weighted by Gasteiger charge is 2.63. The lowest BCUT2D eigenvalue weighted by molar-refractivity contribution is -0.349. The lowest BCUT2D eigenvalue weighted by Crippen LogP contribution is -2.62. The Morgan fingerprint density at radius 2 is 1.81 bits per heavy atom. The third-order valence-electron chi connectivity index (χ3n) is 9.85. The van der Waals surface area contributed by atoms with Crippen LogP contribution in [0.5, 0.6) is 6.01 Å². The van der Waals surface area contributed by atoms with Crippen molar-refractivity contribution in [3.05, 3.63) is 53.2 Å². The molecule has 3 saturated heterocycles. The predicted octanol–water partition coefficient (Wildman–Crippen LogP) is 5.60. The van der Waals surface area contributed by atoms with E-state index in [1.54, 1.807) is 4.90 Å². The average Bonchev–Trinajstić information content (AvgIpc) is 3.51. The van der Waals surface area contributed by atoms with Gasteiger partial charge in [0, 0.05) is 48.6 Å². The molecule has 0 radical (unpaired) electrons. The fraction of sp³-hybridized carbons (Fsp3) is 0.441. The molecule has 0 amide bonds. The van der Waals surface area contributed by atoms with E-state index in [-0.39, 0.29) is 64.1 Å². The summed E-state index contributed by atoms with van der Waals surface area (Å²) in [5.41, 5.74) is -2.88. The number of pyridine rings is 1. The van der Waals surface area contributed by atoms with E-state index in [9.17, 15) is 27.8 Å². The summed E-state index contributed by atoms with van der Waals surface area (Å²) in [6, 6.07) is 3.32. The SMILES string of the molecule is C#Cc1c(F)c(F)c(F)c2cccc(-c3ncc4c(N5CCCCC(C)C5)nc(OC(O)(O)[C@@]56CCCN5CC(F)C6)nc4c3F)c12. The molecule has 3 aliphatic heterocycles. The van der Waals surface area contributed by atoms with Crippen molar-refractivity contribution in [1.29, 1.82) is 0 Å². The minimum absolute atomic E-state index is 0.0150. The fourth-order valence-corrected chi connectivity index (χ4v) is 7.64. The minimum atomic E-state index is -2.93. The van der Waals surface area contributed by atoms with E-state index in [0.29, 0.717) is 26.1 Å². The van der Waals surface area contributed by atoms with Crippen molar-refractivity contribution in [3.63, 3.8) is 0 Å². The van der Waals surface area contributed by atoms with Crippen LogP contribution in [0.3, 0.4) is 0 Å². The normalized spacial score (nSPS) is 23.7. The Bertz CT molecular complexity index is 1950. The summed E-state index contributed by atoms with van der Waals surface area (Å²) in [6.07, 6.45) is 8.93. The number of fused-ring (bicyclic) bond motifs is 3. The molecule has 2 N–H and O–H groups in total. The van der Waals surface area contributed by atoms with E-state index in [0.717, 1.165) is 19.3 Å². The zero-order chi connectivity index (χ0) is 33.2. The molecule has 3 aliphatic rings. The third kappa shape index (κ3) is 4.96. The third-order valence-corrected chi connectivity index (χ3v) is 9.85. The van der Waals surface area contributed by atoms with Gasteiger partial charge in [0.05, 0.1) is 10.9 Å². The average molecular weight is 654 g/mol. The van der Waals surface area contributed by atoms with E-state index in [1.807, 2.05) is 10.8 Å². The maximum Gasteiger partial charge on any atom is 0.344 e. The lowest BCUT2D eigenvalue weighted by Gasteiger charge is -2.40. The monoisotopic (exact) mass is 653 g/mol. The van der Waals surface area contributed by atoms with Crippen LogP contribution in [0.4, 0.5) is 27.8 Å². The minimum Gasteiger partial charge on any atom is -0.404 e. The van der Waals surface area contributed by atoms with Gasteiger partial charge < -0.3 is 19.8 Å². The van der Waals surface area contributed by atoms with E-state index < -0.39 is 52.5 Å². The number of hydrogen-bond acceptors (Lipinski definition) is 8. The second kappa shape index (κ2) is 11.5. The summed E-state index contributed by atoms with van der Waals surface area (Å²) in [7, 11) is 0. The Hall–Kier alpha value is -4.12. The molecule has 2 aromatic carbocycles. The fourth-order valence-electron chi connectivity index (χ4n) is 7.64. The van der Waals surface area contributed by atoms with Crippen molar-refractivity contribution in [1.82, 2.24) is 19.9 Å². The molecule has 0 bridgehead atoms. The van der Waals surface area contributed by atoms with Gasteiger partial charge in [0.1, 0.15) is 28.7 Å². The second-order valence-corrected chi connectivity index (χ2v) is 12.8. The molecule has 47 heavy (non-hydrogen) atoms. The molecule has 0 aliphatic carbocycles. The first-order chi connectivity index (χ1) is 22.5. The number of terminal acetylenes is 1. The molecule has 3 atom stereocenters. The zero-order valence-corrected chi connectivity index (χ0v) is 25.5. The Kier molecular flexibility index (Phi) is 7.73. The number of anilines is 1. The first kappa shape index (κ1) is 31.5. The number of benzene rings is 2. The standard InChI is InChI=1S/C34H32F5N5O3/c1-3-20-24-21(26(37)27(38)25(20)36)9-6-10-22(24)29-28(39)30-23(15-40-29)31(43-12-5-4-8-18(2)16-43)42-32(41-30)47-34(45,46)33-11-7-13-44(33)17-19(35)14-33/h1,6,9-10,15,18-19,45-46H,4-5,7-8,11-14,16-17H2,2H3/t18?,19?,33-/m0/s1. The Morgan fingerprint density at radius 1 is 1.00 bits per heavy atom. The summed E-state index contributed by atoms with van der Waals surface area (Å²) in [5, 5.41) is 22.3. The molecule has 5 heterocycles. The van der Waals surface area contributed by atoms with Crippen LogP contribution in [0.25, 0.3) is 32.9 Å². The van der Waals surface area contributed by atoms with Crippen LogP contribution in [-0.4, -0.2) is 73.9 Å². The number of nitrogens with zero attached hydrogens (tertiary/aromatic N) is 5. The van der Waals surface area contributed by atoms with Gasteiger partial charge in [-0.15, -0.1) is 6.42 Å². The van der Waals surface area contributed by atoms with Gasteiger partial charge in [-0.2, -0.15) is 9.97 Å². The van der Waals surface area contributed by atoms with Crippen molar-refractivity contribution in [3.8, 4) is 29.6 Å². The number of ether oxygens (including phenoxy) is 1. The van der Waals surface area contributed by atoms with Crippen molar-refractivity contribution in [2.24, 2.45) is 5.92 Å². The van der Waals surface area contributed by atoms with Gasteiger partial charge in [-0.3, -0.25) is 9.88 Å². The highest BCUT2D eigenvalue weighted by Crippen LogP contribution is 2.47. The Labute approximate surface area is 267 Å². The number of aromatic nitrogens is 3. The molecule has 7 rings (SSSR count).